The lowest BCUT2D eigenvalue weighted by molar-refractivity contribution is -0.120. The number of nitrogens with one attached hydrogen (secondary N) is 1. The second-order valence-electron chi connectivity index (χ2n) is 3.98. The first-order valence-corrected chi connectivity index (χ1v) is 6.07. The van der Waals surface area contributed by atoms with E-state index >= 15 is 0 Å². The van der Waals surface area contributed by atoms with Gasteiger partial charge >= 0.3 is 0 Å². The highest BCUT2D eigenvalue weighted by Gasteiger charge is 2.18. The predicted octanol–water partition coefficient (Wildman–Crippen LogP) is 3.37. The Morgan fingerprint density at radius 3 is 2.67 bits per heavy atom. The van der Waals surface area contributed by atoms with Gasteiger partial charge in [-0.1, -0.05) is 15.9 Å². The number of benzene rings is 1. The molecule has 0 heterocycles. The van der Waals surface area contributed by atoms with E-state index in [2.05, 4.69) is 21.2 Å². The summed E-state index contributed by atoms with van der Waals surface area (Å²) in [6.07, 6.45) is 3.56. The van der Waals surface area contributed by atoms with Gasteiger partial charge in [-0.15, -0.1) is 0 Å². The number of carbonyl (C=O) groups is 1. The van der Waals surface area contributed by atoms with Crippen LogP contribution in [-0.2, 0) is 4.79 Å². The number of ketones is 1. The fourth-order valence-corrected chi connectivity index (χ4v) is 2.19. The number of halogens is 1. The van der Waals surface area contributed by atoms with E-state index in [9.17, 15) is 4.79 Å². The Hall–Kier alpha value is -0.830. The summed E-state index contributed by atoms with van der Waals surface area (Å²) in [5, 5.41) is 3.40. The van der Waals surface area contributed by atoms with Crippen molar-refractivity contribution in [1.29, 1.82) is 0 Å². The lowest BCUT2D eigenvalue weighted by atomic mass is 9.94. The van der Waals surface area contributed by atoms with E-state index in [1.165, 1.54) is 0 Å². The molecule has 0 amide bonds. The van der Waals surface area contributed by atoms with E-state index in [0.717, 1.165) is 29.4 Å². The number of hydrogen-bond donors (Lipinski definition) is 1. The summed E-state index contributed by atoms with van der Waals surface area (Å²) < 4.78 is 1.08. The van der Waals surface area contributed by atoms with Crippen molar-refractivity contribution in [3.8, 4) is 0 Å². The minimum Gasteiger partial charge on any atom is -0.382 e. The molecule has 0 spiro atoms. The average molecular weight is 268 g/mol. The second kappa shape index (κ2) is 4.79. The minimum absolute atomic E-state index is 0.326. The third-order valence-corrected chi connectivity index (χ3v) is 3.23. The van der Waals surface area contributed by atoms with E-state index in [1.54, 1.807) is 0 Å². The summed E-state index contributed by atoms with van der Waals surface area (Å²) in [5.41, 5.74) is 1.10. The van der Waals surface area contributed by atoms with Crippen molar-refractivity contribution in [1.82, 2.24) is 0 Å². The van der Waals surface area contributed by atoms with Crippen LogP contribution in [-0.4, -0.2) is 11.8 Å². The molecule has 0 saturated heterocycles. The maximum absolute atomic E-state index is 11.3. The highest BCUT2D eigenvalue weighted by Crippen LogP contribution is 2.20. The van der Waals surface area contributed by atoms with E-state index in [-0.39, 0.29) is 0 Å². The maximum Gasteiger partial charge on any atom is 0.134 e. The van der Waals surface area contributed by atoms with Crippen molar-refractivity contribution in [2.75, 3.05) is 5.32 Å². The molecular formula is C12H14BrNO. The SMILES string of the molecule is O=C1CCCC(Nc2ccc(Br)cc2)C1. The maximum atomic E-state index is 11.3. The van der Waals surface area contributed by atoms with Crippen LogP contribution in [0.2, 0.25) is 0 Å². The fourth-order valence-electron chi connectivity index (χ4n) is 1.93. The number of hydrogen-bond acceptors (Lipinski definition) is 2. The zero-order valence-electron chi connectivity index (χ0n) is 8.50. The molecule has 1 saturated carbocycles. The first-order chi connectivity index (χ1) is 7.24. The lowest BCUT2D eigenvalue weighted by Crippen LogP contribution is -2.27. The van der Waals surface area contributed by atoms with Gasteiger partial charge in [-0.3, -0.25) is 4.79 Å². The van der Waals surface area contributed by atoms with Crippen LogP contribution in [0.3, 0.4) is 0 Å². The van der Waals surface area contributed by atoms with Crippen LogP contribution in [0, 0.1) is 0 Å². The largest absolute Gasteiger partial charge is 0.382 e. The zero-order valence-corrected chi connectivity index (χ0v) is 10.1. The van der Waals surface area contributed by atoms with E-state index in [0.29, 0.717) is 18.2 Å². The Morgan fingerprint density at radius 2 is 2.00 bits per heavy atom. The van der Waals surface area contributed by atoms with Gasteiger partial charge in [-0.05, 0) is 37.1 Å². The molecule has 80 valence electrons. The van der Waals surface area contributed by atoms with Gasteiger partial charge in [0, 0.05) is 29.0 Å². The summed E-state index contributed by atoms with van der Waals surface area (Å²) in [7, 11) is 0. The molecule has 1 aromatic carbocycles. The Kier molecular flexibility index (Phi) is 3.41. The van der Waals surface area contributed by atoms with Crippen LogP contribution in [0.4, 0.5) is 5.69 Å². The summed E-state index contributed by atoms with van der Waals surface area (Å²) in [6.45, 7) is 0. The van der Waals surface area contributed by atoms with E-state index in [4.69, 9.17) is 0 Å². The molecule has 1 aliphatic carbocycles. The summed E-state index contributed by atoms with van der Waals surface area (Å²) in [4.78, 5) is 11.3. The molecule has 2 rings (SSSR count). The molecule has 1 fully saturated rings. The second-order valence-corrected chi connectivity index (χ2v) is 4.90. The Bertz CT molecular complexity index is 347. The normalized spacial score (nSPS) is 21.4. The highest BCUT2D eigenvalue weighted by atomic mass is 79.9. The molecule has 1 N–H and O–H groups in total. The molecule has 0 bridgehead atoms. The molecule has 0 aliphatic heterocycles. The molecule has 0 aromatic heterocycles. The van der Waals surface area contributed by atoms with Gasteiger partial charge in [-0.25, -0.2) is 0 Å². The smallest absolute Gasteiger partial charge is 0.134 e. The Labute approximate surface area is 98.2 Å². The lowest BCUT2D eigenvalue weighted by Gasteiger charge is -2.23. The molecule has 1 aromatic rings. The summed E-state index contributed by atoms with van der Waals surface area (Å²) in [5.74, 6) is 0.385. The van der Waals surface area contributed by atoms with Crippen LogP contribution < -0.4 is 5.32 Å². The standard InChI is InChI=1S/C12H14BrNO/c13-9-4-6-10(7-5-9)14-11-2-1-3-12(15)8-11/h4-7,11,14H,1-3,8H2. The van der Waals surface area contributed by atoms with Crippen molar-refractivity contribution in [2.24, 2.45) is 0 Å². The van der Waals surface area contributed by atoms with Crippen molar-refractivity contribution < 1.29 is 4.79 Å². The van der Waals surface area contributed by atoms with Gasteiger partial charge in [0.15, 0.2) is 0 Å². The predicted molar refractivity (Wildman–Crippen MR) is 65.0 cm³/mol. The van der Waals surface area contributed by atoms with Gasteiger partial charge < -0.3 is 5.32 Å². The molecule has 1 atom stereocenters. The average Bonchev–Trinajstić information content (AvgIpc) is 2.22. The first-order valence-electron chi connectivity index (χ1n) is 5.28. The van der Waals surface area contributed by atoms with Crippen molar-refractivity contribution >= 4 is 27.4 Å². The monoisotopic (exact) mass is 267 g/mol. The number of Topliss-reactive ketones (excluding diaryl/α,β-unsaturated/α-hetero) is 1. The molecule has 1 aliphatic rings. The topological polar surface area (TPSA) is 29.1 Å². The highest BCUT2D eigenvalue weighted by molar-refractivity contribution is 9.10. The van der Waals surface area contributed by atoms with Crippen LogP contribution in [0.25, 0.3) is 0 Å². The number of carbonyl (C=O) groups excluding carboxylic acids is 1. The van der Waals surface area contributed by atoms with Crippen LogP contribution >= 0.6 is 15.9 Å². The third-order valence-electron chi connectivity index (χ3n) is 2.70. The number of anilines is 1. The molecule has 1 unspecified atom stereocenters. The van der Waals surface area contributed by atoms with Crippen molar-refractivity contribution in [2.45, 2.75) is 31.7 Å². The molecule has 3 heteroatoms. The van der Waals surface area contributed by atoms with Crippen molar-refractivity contribution in [3.05, 3.63) is 28.7 Å². The Balaban J connectivity index is 1.96. The van der Waals surface area contributed by atoms with E-state index < -0.39 is 0 Å². The van der Waals surface area contributed by atoms with Crippen LogP contribution in [0.15, 0.2) is 28.7 Å². The summed E-state index contributed by atoms with van der Waals surface area (Å²) >= 11 is 3.40. The summed E-state index contributed by atoms with van der Waals surface area (Å²) in [6, 6.07) is 8.40. The van der Waals surface area contributed by atoms with Crippen LogP contribution in [0.5, 0.6) is 0 Å². The zero-order chi connectivity index (χ0) is 10.7. The van der Waals surface area contributed by atoms with Gasteiger partial charge in [0.1, 0.15) is 5.78 Å². The molecule has 15 heavy (non-hydrogen) atoms. The Morgan fingerprint density at radius 1 is 1.27 bits per heavy atom. The molecule has 0 radical (unpaired) electrons. The number of rotatable bonds is 2. The van der Waals surface area contributed by atoms with E-state index in [1.807, 2.05) is 24.3 Å². The van der Waals surface area contributed by atoms with Gasteiger partial charge in [0.2, 0.25) is 0 Å². The first kappa shape index (κ1) is 10.7. The van der Waals surface area contributed by atoms with Gasteiger partial charge in [0.25, 0.3) is 0 Å². The minimum atomic E-state index is 0.326. The van der Waals surface area contributed by atoms with Gasteiger partial charge in [0.05, 0.1) is 0 Å². The van der Waals surface area contributed by atoms with Gasteiger partial charge in [-0.2, -0.15) is 0 Å². The third kappa shape index (κ3) is 3.06. The van der Waals surface area contributed by atoms with Crippen molar-refractivity contribution in [3.63, 3.8) is 0 Å². The van der Waals surface area contributed by atoms with Crippen LogP contribution in [0.1, 0.15) is 25.7 Å². The molecule has 2 nitrogen and oxygen atoms in total. The quantitative estimate of drug-likeness (QED) is 0.890. The molecular weight excluding hydrogens is 254 g/mol. The fraction of sp³-hybridized carbons (Fsp3) is 0.417.